The lowest BCUT2D eigenvalue weighted by molar-refractivity contribution is 0.455. The minimum absolute atomic E-state index is 0.873. The molecule has 2 atom stereocenters. The molecule has 0 aromatic rings. The van der Waals surface area contributed by atoms with E-state index in [0.29, 0.717) is 0 Å². The lowest BCUT2D eigenvalue weighted by Gasteiger charge is -2.19. The van der Waals surface area contributed by atoms with Crippen molar-refractivity contribution in [2.75, 3.05) is 0 Å². The summed E-state index contributed by atoms with van der Waals surface area (Å²) in [5, 5.41) is 0. The fourth-order valence-corrected chi connectivity index (χ4v) is 1.98. The van der Waals surface area contributed by atoms with Crippen LogP contribution < -0.4 is 0 Å². The summed E-state index contributed by atoms with van der Waals surface area (Å²) >= 11 is 0. The van der Waals surface area contributed by atoms with Gasteiger partial charge in [0, 0.05) is 0 Å². The molecule has 0 radical (unpaired) electrons. The maximum Gasteiger partial charge on any atom is -0.0193 e. The molecule has 2 aliphatic carbocycles. The first-order chi connectivity index (χ1) is 4.95. The monoisotopic (exact) mass is 134 g/mol. The predicted molar refractivity (Wildman–Crippen MR) is 43.7 cm³/mol. The van der Waals surface area contributed by atoms with Crippen LogP contribution in [0.5, 0.6) is 0 Å². The second-order valence-electron chi connectivity index (χ2n) is 3.43. The molecule has 2 bridgehead atoms. The predicted octanol–water partition coefficient (Wildman–Crippen LogP) is 2.92. The van der Waals surface area contributed by atoms with Crippen molar-refractivity contribution in [1.29, 1.82) is 0 Å². The average molecular weight is 134 g/mol. The second kappa shape index (κ2) is 2.61. The Hall–Kier alpha value is -0.520. The normalized spacial score (nSPS) is 37.6. The number of hydrogen-bond acceptors (Lipinski definition) is 0. The van der Waals surface area contributed by atoms with Crippen LogP contribution in [0.2, 0.25) is 0 Å². The molecule has 0 N–H and O–H groups in total. The first-order valence-corrected chi connectivity index (χ1v) is 4.28. The van der Waals surface area contributed by atoms with E-state index in [0.717, 1.165) is 11.8 Å². The summed E-state index contributed by atoms with van der Waals surface area (Å²) in [5.74, 6) is 1.77. The van der Waals surface area contributed by atoms with E-state index < -0.39 is 0 Å². The van der Waals surface area contributed by atoms with Gasteiger partial charge in [-0.2, -0.15) is 0 Å². The summed E-state index contributed by atoms with van der Waals surface area (Å²) in [6, 6.07) is 0. The van der Waals surface area contributed by atoms with E-state index in [2.05, 4.69) is 24.3 Å². The Morgan fingerprint density at radius 1 is 1.00 bits per heavy atom. The summed E-state index contributed by atoms with van der Waals surface area (Å²) in [4.78, 5) is 0. The van der Waals surface area contributed by atoms with Crippen molar-refractivity contribution in [3.63, 3.8) is 0 Å². The highest BCUT2D eigenvalue weighted by Gasteiger charge is 2.16. The van der Waals surface area contributed by atoms with E-state index in [1.54, 1.807) is 0 Å². The van der Waals surface area contributed by atoms with Crippen LogP contribution in [0.25, 0.3) is 0 Å². The van der Waals surface area contributed by atoms with Gasteiger partial charge in [-0.15, -0.1) is 0 Å². The van der Waals surface area contributed by atoms with E-state index >= 15 is 0 Å². The van der Waals surface area contributed by atoms with Crippen LogP contribution >= 0.6 is 0 Å². The third-order valence-corrected chi connectivity index (χ3v) is 2.56. The highest BCUT2D eigenvalue weighted by atomic mass is 14.2. The standard InChI is InChI=1S/C10H14/c1-2-5-10-7-3-6-9(4-1)8-10/h1,3-4,7,9-10H,2,5-6,8H2. The van der Waals surface area contributed by atoms with Gasteiger partial charge in [-0.1, -0.05) is 24.3 Å². The number of allylic oxidation sites excluding steroid dienone is 4. The molecule has 0 heteroatoms. The molecule has 0 nitrogen and oxygen atoms in total. The fourth-order valence-electron chi connectivity index (χ4n) is 1.98. The minimum Gasteiger partial charge on any atom is -0.0882 e. The summed E-state index contributed by atoms with van der Waals surface area (Å²) in [6.45, 7) is 0. The van der Waals surface area contributed by atoms with Gasteiger partial charge < -0.3 is 0 Å². The molecule has 0 amide bonds. The van der Waals surface area contributed by atoms with E-state index in [4.69, 9.17) is 0 Å². The quantitative estimate of drug-likeness (QED) is 0.447. The van der Waals surface area contributed by atoms with Crippen LogP contribution in [0.1, 0.15) is 25.7 Å². The maximum absolute atomic E-state index is 2.41. The first-order valence-electron chi connectivity index (χ1n) is 4.28. The lowest BCUT2D eigenvalue weighted by atomic mass is 9.87. The van der Waals surface area contributed by atoms with Crippen molar-refractivity contribution in [3.05, 3.63) is 24.3 Å². The molecule has 0 aromatic carbocycles. The molecular formula is C10H14. The van der Waals surface area contributed by atoms with Crippen LogP contribution in [0.4, 0.5) is 0 Å². The number of rotatable bonds is 0. The van der Waals surface area contributed by atoms with E-state index in [1.165, 1.54) is 25.7 Å². The molecule has 0 aliphatic heterocycles. The van der Waals surface area contributed by atoms with Crippen molar-refractivity contribution in [3.8, 4) is 0 Å². The van der Waals surface area contributed by atoms with Gasteiger partial charge in [-0.3, -0.25) is 0 Å². The Balaban J connectivity index is 2.15. The van der Waals surface area contributed by atoms with Crippen molar-refractivity contribution >= 4 is 0 Å². The number of hydrogen-bond donors (Lipinski definition) is 0. The topological polar surface area (TPSA) is 0 Å². The highest BCUT2D eigenvalue weighted by Crippen LogP contribution is 2.30. The fraction of sp³-hybridized carbons (Fsp3) is 0.600. The third kappa shape index (κ3) is 1.16. The molecule has 2 rings (SSSR count). The van der Waals surface area contributed by atoms with Crippen LogP contribution in [0, 0.1) is 11.8 Å². The molecule has 0 saturated heterocycles. The summed E-state index contributed by atoms with van der Waals surface area (Å²) < 4.78 is 0. The summed E-state index contributed by atoms with van der Waals surface area (Å²) in [7, 11) is 0. The summed E-state index contributed by atoms with van der Waals surface area (Å²) in [6.07, 6.45) is 14.9. The number of fused-ring (bicyclic) bond motifs is 2. The maximum atomic E-state index is 2.41. The minimum atomic E-state index is 0.873. The average Bonchev–Trinajstić information content (AvgIpc) is 2.12. The molecular weight excluding hydrogens is 120 g/mol. The van der Waals surface area contributed by atoms with Gasteiger partial charge in [-0.25, -0.2) is 0 Å². The Kier molecular flexibility index (Phi) is 1.62. The van der Waals surface area contributed by atoms with Gasteiger partial charge in [-0.05, 0) is 37.5 Å². The summed E-state index contributed by atoms with van der Waals surface area (Å²) in [5.41, 5.74) is 0. The van der Waals surface area contributed by atoms with E-state index in [1.807, 2.05) is 0 Å². The third-order valence-electron chi connectivity index (χ3n) is 2.56. The molecule has 54 valence electrons. The zero-order chi connectivity index (χ0) is 6.81. The molecule has 2 unspecified atom stereocenters. The molecule has 0 aromatic heterocycles. The second-order valence-corrected chi connectivity index (χ2v) is 3.43. The van der Waals surface area contributed by atoms with Crippen LogP contribution in [-0.4, -0.2) is 0 Å². The first kappa shape index (κ1) is 6.21. The van der Waals surface area contributed by atoms with E-state index in [9.17, 15) is 0 Å². The Bertz CT molecular complexity index is 165. The Morgan fingerprint density at radius 2 is 1.90 bits per heavy atom. The molecule has 0 heterocycles. The van der Waals surface area contributed by atoms with E-state index in [-0.39, 0.29) is 0 Å². The highest BCUT2D eigenvalue weighted by molar-refractivity contribution is 5.05. The van der Waals surface area contributed by atoms with Crippen LogP contribution in [0.15, 0.2) is 24.3 Å². The van der Waals surface area contributed by atoms with Crippen molar-refractivity contribution < 1.29 is 0 Å². The van der Waals surface area contributed by atoms with Gasteiger partial charge >= 0.3 is 0 Å². The molecule has 0 saturated carbocycles. The van der Waals surface area contributed by atoms with Gasteiger partial charge in [0.1, 0.15) is 0 Å². The van der Waals surface area contributed by atoms with Crippen LogP contribution in [0.3, 0.4) is 0 Å². The lowest BCUT2D eigenvalue weighted by Crippen LogP contribution is -2.06. The molecule has 2 aliphatic rings. The van der Waals surface area contributed by atoms with Gasteiger partial charge in [0.25, 0.3) is 0 Å². The van der Waals surface area contributed by atoms with Crippen LogP contribution in [-0.2, 0) is 0 Å². The van der Waals surface area contributed by atoms with Crippen molar-refractivity contribution in [2.24, 2.45) is 11.8 Å². The smallest absolute Gasteiger partial charge is 0.0193 e. The van der Waals surface area contributed by atoms with Gasteiger partial charge in [0.05, 0.1) is 0 Å². The van der Waals surface area contributed by atoms with Gasteiger partial charge in [0.2, 0.25) is 0 Å². The molecule has 0 spiro atoms. The van der Waals surface area contributed by atoms with Crippen molar-refractivity contribution in [2.45, 2.75) is 25.7 Å². The Labute approximate surface area is 62.6 Å². The molecule has 10 heavy (non-hydrogen) atoms. The van der Waals surface area contributed by atoms with Crippen molar-refractivity contribution in [1.82, 2.24) is 0 Å². The Morgan fingerprint density at radius 3 is 2.90 bits per heavy atom. The largest absolute Gasteiger partial charge is 0.0882 e. The zero-order valence-electron chi connectivity index (χ0n) is 6.29. The van der Waals surface area contributed by atoms with Gasteiger partial charge in [0.15, 0.2) is 0 Å². The SMILES string of the molecule is C1=CC2CC=CC(CC1)C2. The molecule has 0 fully saturated rings. The zero-order valence-corrected chi connectivity index (χ0v) is 6.29.